The molecule has 0 N–H and O–H groups in total. The number of thiazole rings is 1. The van der Waals surface area contributed by atoms with Gasteiger partial charge in [-0.2, -0.15) is 5.26 Å². The maximum atomic E-state index is 9.04. The van der Waals surface area contributed by atoms with Crippen molar-refractivity contribution in [3.8, 4) is 16.6 Å². The number of ether oxygens (including phenoxy) is 1. The van der Waals surface area contributed by atoms with Crippen LogP contribution in [-0.2, 0) is 11.5 Å². The quantitative estimate of drug-likeness (QED) is 0.254. The van der Waals surface area contributed by atoms with Crippen molar-refractivity contribution in [2.24, 2.45) is 0 Å². The van der Waals surface area contributed by atoms with Gasteiger partial charge in [-0.3, -0.25) is 0 Å². The van der Waals surface area contributed by atoms with Crippen molar-refractivity contribution in [1.82, 2.24) is 19.5 Å². The Labute approximate surface area is 176 Å². The van der Waals surface area contributed by atoms with Gasteiger partial charge in [-0.25, -0.2) is 15.0 Å². The molecule has 3 aromatic heterocycles. The van der Waals surface area contributed by atoms with Gasteiger partial charge in [-0.05, 0) is 24.1 Å². The molecule has 3 aromatic rings. The number of allylic oxidation sites excluding steroid dienone is 2. The van der Waals surface area contributed by atoms with Gasteiger partial charge in [0, 0.05) is 38.5 Å². The van der Waals surface area contributed by atoms with E-state index in [9.17, 15) is 0 Å². The van der Waals surface area contributed by atoms with Gasteiger partial charge in [0.15, 0.2) is 0 Å². The largest absolute Gasteiger partial charge is 0.361 e. The average molecular weight is 426 g/mol. The Balaban J connectivity index is 1.82. The number of fused-ring (bicyclic) bond motifs is 1. The molecule has 0 saturated heterocycles. The van der Waals surface area contributed by atoms with Crippen LogP contribution < -0.4 is 0 Å². The molecule has 0 aliphatic carbocycles. The minimum Gasteiger partial charge on any atom is -0.361 e. The van der Waals surface area contributed by atoms with Crippen molar-refractivity contribution >= 4 is 36.0 Å². The maximum Gasteiger partial charge on any atom is 0.145 e. The molecule has 8 heteroatoms. The van der Waals surface area contributed by atoms with E-state index in [1.165, 1.54) is 0 Å². The fourth-order valence-electron chi connectivity index (χ4n) is 2.97. The lowest BCUT2D eigenvalue weighted by Gasteiger charge is -2.15. The Hall–Kier alpha value is -2.34. The summed E-state index contributed by atoms with van der Waals surface area (Å²) in [6.45, 7) is 10.4. The summed E-state index contributed by atoms with van der Waals surface area (Å²) in [5.74, 6) is 0. The normalized spacial score (nSPS) is 12.4. The molecule has 0 aliphatic heterocycles. The van der Waals surface area contributed by atoms with Gasteiger partial charge in [0.1, 0.15) is 23.7 Å². The fourth-order valence-corrected chi connectivity index (χ4v) is 4.69. The molecule has 0 aliphatic rings. The SMILES string of the molecule is CCC/C(=C/C#N)c1ncc(-c2ncnc3c2ccn3COCC[Si](C)(C)C)s1. The van der Waals surface area contributed by atoms with Crippen LogP contribution in [0.5, 0.6) is 0 Å². The number of aromatic nitrogens is 4. The second-order valence-electron chi connectivity index (χ2n) is 8.17. The Morgan fingerprint density at radius 1 is 1.31 bits per heavy atom. The van der Waals surface area contributed by atoms with Crippen LogP contribution in [0.3, 0.4) is 0 Å². The van der Waals surface area contributed by atoms with E-state index in [1.807, 2.05) is 23.0 Å². The minimum absolute atomic E-state index is 0.490. The molecular formula is C21H27N5OSSi. The summed E-state index contributed by atoms with van der Waals surface area (Å²) in [6.07, 6.45) is 8.83. The third-order valence-corrected chi connectivity index (χ3v) is 7.34. The predicted octanol–water partition coefficient (Wildman–Crippen LogP) is 5.57. The monoisotopic (exact) mass is 425 g/mol. The van der Waals surface area contributed by atoms with E-state index in [1.54, 1.807) is 23.7 Å². The van der Waals surface area contributed by atoms with Crippen LogP contribution in [-0.4, -0.2) is 34.2 Å². The van der Waals surface area contributed by atoms with Gasteiger partial charge in [-0.1, -0.05) is 33.0 Å². The van der Waals surface area contributed by atoms with E-state index in [2.05, 4.69) is 47.6 Å². The van der Waals surface area contributed by atoms with Gasteiger partial charge in [-0.15, -0.1) is 11.3 Å². The summed E-state index contributed by atoms with van der Waals surface area (Å²) in [6, 6.07) is 5.31. The molecule has 0 atom stereocenters. The third-order valence-electron chi connectivity index (χ3n) is 4.55. The van der Waals surface area contributed by atoms with E-state index in [-0.39, 0.29) is 0 Å². The van der Waals surface area contributed by atoms with Crippen LogP contribution >= 0.6 is 11.3 Å². The number of hydrogen-bond donors (Lipinski definition) is 0. The zero-order valence-electron chi connectivity index (χ0n) is 17.5. The van der Waals surface area contributed by atoms with E-state index in [0.29, 0.717) is 6.73 Å². The highest BCUT2D eigenvalue weighted by Crippen LogP contribution is 2.33. The van der Waals surface area contributed by atoms with Crippen molar-refractivity contribution in [2.75, 3.05) is 6.61 Å². The van der Waals surface area contributed by atoms with Crippen molar-refractivity contribution in [2.45, 2.75) is 52.2 Å². The van der Waals surface area contributed by atoms with Gasteiger partial charge in [0.2, 0.25) is 0 Å². The molecule has 0 radical (unpaired) electrons. The lowest BCUT2D eigenvalue weighted by molar-refractivity contribution is 0.0899. The first kappa shape index (κ1) is 21.4. The Morgan fingerprint density at radius 2 is 2.14 bits per heavy atom. The number of hydrogen-bond acceptors (Lipinski definition) is 6. The molecule has 3 heterocycles. The van der Waals surface area contributed by atoms with E-state index >= 15 is 0 Å². The van der Waals surface area contributed by atoms with Crippen LogP contribution in [0, 0.1) is 11.3 Å². The topological polar surface area (TPSA) is 76.6 Å². The number of rotatable bonds is 9. The molecule has 0 unspecified atom stereocenters. The predicted molar refractivity (Wildman–Crippen MR) is 121 cm³/mol. The van der Waals surface area contributed by atoms with Crippen molar-refractivity contribution in [3.05, 3.63) is 35.9 Å². The summed E-state index contributed by atoms with van der Waals surface area (Å²) >= 11 is 1.57. The maximum absolute atomic E-state index is 9.04. The first-order valence-corrected chi connectivity index (χ1v) is 14.4. The first-order valence-electron chi connectivity index (χ1n) is 9.85. The van der Waals surface area contributed by atoms with Crippen LogP contribution in [0.1, 0.15) is 24.8 Å². The second kappa shape index (κ2) is 9.44. The Kier molecular flexibility index (Phi) is 6.95. The molecule has 0 spiro atoms. The zero-order chi connectivity index (χ0) is 20.9. The zero-order valence-corrected chi connectivity index (χ0v) is 19.3. The fraction of sp³-hybridized carbons (Fsp3) is 0.429. The molecule has 0 aromatic carbocycles. The molecular weight excluding hydrogens is 398 g/mol. The summed E-state index contributed by atoms with van der Waals surface area (Å²) < 4.78 is 7.91. The molecule has 0 fully saturated rings. The Bertz CT molecular complexity index is 1040. The smallest absolute Gasteiger partial charge is 0.145 e. The van der Waals surface area contributed by atoms with Crippen LogP contribution in [0.2, 0.25) is 25.7 Å². The lowest BCUT2D eigenvalue weighted by atomic mass is 10.1. The third kappa shape index (κ3) is 5.38. The number of nitrogens with zero attached hydrogens (tertiary/aromatic N) is 5. The van der Waals surface area contributed by atoms with E-state index in [4.69, 9.17) is 10.00 Å². The Morgan fingerprint density at radius 3 is 2.86 bits per heavy atom. The lowest BCUT2D eigenvalue weighted by Crippen LogP contribution is -2.22. The van der Waals surface area contributed by atoms with Crippen molar-refractivity contribution in [1.29, 1.82) is 5.26 Å². The van der Waals surface area contributed by atoms with Gasteiger partial charge < -0.3 is 9.30 Å². The van der Waals surface area contributed by atoms with E-state index in [0.717, 1.165) is 57.7 Å². The first-order chi connectivity index (χ1) is 13.9. The van der Waals surface area contributed by atoms with Crippen LogP contribution in [0.25, 0.3) is 27.2 Å². The highest BCUT2D eigenvalue weighted by atomic mass is 32.1. The van der Waals surface area contributed by atoms with Crippen LogP contribution in [0.4, 0.5) is 0 Å². The summed E-state index contributed by atoms with van der Waals surface area (Å²) in [5.41, 5.74) is 2.71. The molecule has 152 valence electrons. The molecule has 0 bridgehead atoms. The van der Waals surface area contributed by atoms with Crippen molar-refractivity contribution in [3.63, 3.8) is 0 Å². The van der Waals surface area contributed by atoms with Gasteiger partial charge >= 0.3 is 0 Å². The molecule has 29 heavy (non-hydrogen) atoms. The van der Waals surface area contributed by atoms with Gasteiger partial charge in [0.05, 0.1) is 16.6 Å². The molecule has 6 nitrogen and oxygen atoms in total. The molecule has 3 rings (SSSR count). The van der Waals surface area contributed by atoms with Crippen molar-refractivity contribution < 1.29 is 4.74 Å². The second-order valence-corrected chi connectivity index (χ2v) is 14.8. The molecule has 0 saturated carbocycles. The standard InChI is InChI=1S/C21H27N5OSSi/c1-5-6-16(7-9-22)21-23-13-18(28-21)19-17-8-10-26(20(17)25-14-24-19)15-27-11-12-29(2,3)4/h7-8,10,13-14H,5-6,11-12,15H2,1-4H3/b16-7-. The van der Waals surface area contributed by atoms with Crippen LogP contribution in [0.15, 0.2) is 30.9 Å². The average Bonchev–Trinajstić information content (AvgIpc) is 3.32. The van der Waals surface area contributed by atoms with E-state index < -0.39 is 8.07 Å². The summed E-state index contributed by atoms with van der Waals surface area (Å²) in [5, 5.41) is 10.9. The van der Waals surface area contributed by atoms with Gasteiger partial charge in [0.25, 0.3) is 0 Å². The number of nitriles is 1. The highest BCUT2D eigenvalue weighted by Gasteiger charge is 2.15. The summed E-state index contributed by atoms with van der Waals surface area (Å²) in [7, 11) is -1.10. The molecule has 0 amide bonds. The highest BCUT2D eigenvalue weighted by molar-refractivity contribution is 7.16. The summed E-state index contributed by atoms with van der Waals surface area (Å²) in [4.78, 5) is 14.5. The minimum atomic E-state index is -1.10.